The van der Waals surface area contributed by atoms with E-state index in [1.54, 1.807) is 0 Å². The first-order valence-corrected chi connectivity index (χ1v) is 4.27. The predicted molar refractivity (Wildman–Crippen MR) is 47.2 cm³/mol. The molecule has 5 heteroatoms. The SMILES string of the molecule is CCN1N=NC(C(C)S)N1C. The fourth-order valence-corrected chi connectivity index (χ4v) is 1.33. The largest absolute Gasteiger partial charge is 0.207 e. The Labute approximate surface area is 72.6 Å². The molecule has 1 heterocycles. The summed E-state index contributed by atoms with van der Waals surface area (Å²) in [7, 11) is 1.97. The van der Waals surface area contributed by atoms with Crippen LogP contribution in [0, 0.1) is 0 Å². The molecule has 0 fully saturated rings. The predicted octanol–water partition coefficient (Wildman–Crippen LogP) is 1.18. The zero-order chi connectivity index (χ0) is 8.43. The first kappa shape index (κ1) is 8.80. The van der Waals surface area contributed by atoms with Crippen molar-refractivity contribution in [2.45, 2.75) is 25.3 Å². The van der Waals surface area contributed by atoms with Gasteiger partial charge in [-0.1, -0.05) is 12.1 Å². The normalized spacial score (nSPS) is 28.0. The lowest BCUT2D eigenvalue weighted by Gasteiger charge is -2.25. The lowest BCUT2D eigenvalue weighted by Crippen LogP contribution is -2.40. The molecule has 1 rings (SSSR count). The van der Waals surface area contributed by atoms with Crippen LogP contribution in [0.3, 0.4) is 0 Å². The van der Waals surface area contributed by atoms with Gasteiger partial charge in [0.1, 0.15) is 0 Å². The topological polar surface area (TPSA) is 31.2 Å². The standard InChI is InChI=1S/C6H14N4S/c1-4-10-8-7-6(5(2)11)9(10)3/h5-6,11H,4H2,1-3H3. The molecule has 0 N–H and O–H groups in total. The lowest BCUT2D eigenvalue weighted by molar-refractivity contribution is 0.0105. The van der Waals surface area contributed by atoms with Gasteiger partial charge in [0, 0.05) is 12.3 Å². The zero-order valence-corrected chi connectivity index (χ0v) is 7.99. The fourth-order valence-electron chi connectivity index (χ4n) is 1.08. The van der Waals surface area contributed by atoms with Gasteiger partial charge >= 0.3 is 0 Å². The second kappa shape index (κ2) is 3.40. The van der Waals surface area contributed by atoms with Crippen molar-refractivity contribution in [3.8, 4) is 0 Å². The van der Waals surface area contributed by atoms with E-state index >= 15 is 0 Å². The summed E-state index contributed by atoms with van der Waals surface area (Å²) in [5.41, 5.74) is 0. The van der Waals surface area contributed by atoms with Crippen molar-refractivity contribution in [3.63, 3.8) is 0 Å². The molecule has 0 spiro atoms. The molecule has 0 aromatic rings. The number of hydrogen-bond acceptors (Lipinski definition) is 5. The second-order valence-electron chi connectivity index (χ2n) is 2.62. The molecule has 2 unspecified atom stereocenters. The molecule has 0 aromatic heterocycles. The number of thiol groups is 1. The van der Waals surface area contributed by atoms with E-state index in [4.69, 9.17) is 0 Å². The van der Waals surface area contributed by atoms with Gasteiger partial charge in [-0.15, -0.1) is 5.11 Å². The van der Waals surface area contributed by atoms with Crippen LogP contribution in [0.1, 0.15) is 13.8 Å². The molecule has 0 amide bonds. The third-order valence-corrected chi connectivity index (χ3v) is 2.00. The number of nitrogens with zero attached hydrogens (tertiary/aromatic N) is 4. The van der Waals surface area contributed by atoms with Gasteiger partial charge in [-0.05, 0) is 6.92 Å². The van der Waals surface area contributed by atoms with Gasteiger partial charge < -0.3 is 0 Å². The van der Waals surface area contributed by atoms with E-state index in [1.807, 2.05) is 31.0 Å². The van der Waals surface area contributed by atoms with E-state index < -0.39 is 0 Å². The molecule has 0 saturated heterocycles. The molecule has 2 atom stereocenters. The van der Waals surface area contributed by atoms with Crippen molar-refractivity contribution in [1.82, 2.24) is 10.1 Å². The van der Waals surface area contributed by atoms with Crippen LogP contribution >= 0.6 is 12.6 Å². The quantitative estimate of drug-likeness (QED) is 0.637. The highest BCUT2D eigenvalue weighted by Gasteiger charge is 2.27. The molecular formula is C6H14N4S. The van der Waals surface area contributed by atoms with Crippen LogP contribution in [0.5, 0.6) is 0 Å². The van der Waals surface area contributed by atoms with E-state index in [0.717, 1.165) is 6.54 Å². The van der Waals surface area contributed by atoms with Crippen LogP contribution < -0.4 is 0 Å². The van der Waals surface area contributed by atoms with Gasteiger partial charge in [-0.2, -0.15) is 17.6 Å². The van der Waals surface area contributed by atoms with Crippen molar-refractivity contribution in [2.24, 2.45) is 10.3 Å². The Bertz CT molecular complexity index is 159. The molecule has 0 radical (unpaired) electrons. The molecule has 0 saturated carbocycles. The molecule has 4 nitrogen and oxygen atoms in total. The summed E-state index contributed by atoms with van der Waals surface area (Å²) in [5.74, 6) is 0. The molecule has 64 valence electrons. The van der Waals surface area contributed by atoms with Crippen LogP contribution in [-0.2, 0) is 0 Å². The third-order valence-electron chi connectivity index (χ3n) is 1.73. The second-order valence-corrected chi connectivity index (χ2v) is 3.44. The Hall–Kier alpha value is -0.290. The molecular weight excluding hydrogens is 160 g/mol. The summed E-state index contributed by atoms with van der Waals surface area (Å²) in [4.78, 5) is 0. The smallest absolute Gasteiger partial charge is 0.154 e. The van der Waals surface area contributed by atoms with Gasteiger partial charge in [0.05, 0.1) is 6.54 Å². The average Bonchev–Trinajstić information content (AvgIpc) is 2.30. The van der Waals surface area contributed by atoms with Gasteiger partial charge in [0.2, 0.25) is 0 Å². The Morgan fingerprint density at radius 1 is 1.64 bits per heavy atom. The lowest BCUT2D eigenvalue weighted by atomic mass is 10.4. The maximum Gasteiger partial charge on any atom is 0.154 e. The van der Waals surface area contributed by atoms with Crippen LogP contribution in [0.4, 0.5) is 0 Å². The van der Waals surface area contributed by atoms with E-state index in [9.17, 15) is 0 Å². The minimum Gasteiger partial charge on any atom is -0.207 e. The Morgan fingerprint density at radius 3 is 2.55 bits per heavy atom. The Balaban J connectivity index is 2.56. The fraction of sp³-hybridized carbons (Fsp3) is 1.00. The molecule has 0 bridgehead atoms. The maximum absolute atomic E-state index is 4.31. The van der Waals surface area contributed by atoms with Crippen LogP contribution in [0.25, 0.3) is 0 Å². The minimum atomic E-state index is 0.0956. The molecule has 0 aliphatic carbocycles. The van der Waals surface area contributed by atoms with Crippen molar-refractivity contribution in [1.29, 1.82) is 0 Å². The first-order chi connectivity index (χ1) is 5.16. The molecule has 1 aliphatic heterocycles. The van der Waals surface area contributed by atoms with Crippen molar-refractivity contribution in [3.05, 3.63) is 0 Å². The van der Waals surface area contributed by atoms with E-state index in [2.05, 4.69) is 23.0 Å². The van der Waals surface area contributed by atoms with E-state index in [1.165, 1.54) is 0 Å². The highest BCUT2D eigenvalue weighted by atomic mass is 32.1. The van der Waals surface area contributed by atoms with Gasteiger partial charge in [0.25, 0.3) is 0 Å². The summed E-state index contributed by atoms with van der Waals surface area (Å²) >= 11 is 4.31. The number of hydrazine groups is 1. The van der Waals surface area contributed by atoms with Gasteiger partial charge in [-0.25, -0.2) is 5.12 Å². The summed E-state index contributed by atoms with van der Waals surface area (Å²) in [6, 6.07) is 0. The van der Waals surface area contributed by atoms with Crippen LogP contribution in [-0.4, -0.2) is 35.1 Å². The summed E-state index contributed by atoms with van der Waals surface area (Å²) in [6.45, 7) is 4.92. The zero-order valence-electron chi connectivity index (χ0n) is 7.10. The van der Waals surface area contributed by atoms with Crippen molar-refractivity contribution < 1.29 is 0 Å². The minimum absolute atomic E-state index is 0.0956. The summed E-state index contributed by atoms with van der Waals surface area (Å²) < 4.78 is 0. The molecule has 1 aliphatic rings. The Kier molecular flexibility index (Phi) is 2.72. The summed E-state index contributed by atoms with van der Waals surface area (Å²) in [6.07, 6.45) is 0.0956. The average molecular weight is 174 g/mol. The van der Waals surface area contributed by atoms with Crippen molar-refractivity contribution >= 4 is 12.6 Å². The van der Waals surface area contributed by atoms with Gasteiger partial charge in [-0.3, -0.25) is 0 Å². The van der Waals surface area contributed by atoms with Crippen LogP contribution in [0.15, 0.2) is 10.3 Å². The van der Waals surface area contributed by atoms with E-state index in [0.29, 0.717) is 0 Å². The molecule has 0 aromatic carbocycles. The van der Waals surface area contributed by atoms with Crippen LogP contribution in [0.2, 0.25) is 0 Å². The maximum atomic E-state index is 4.31. The highest BCUT2D eigenvalue weighted by molar-refractivity contribution is 7.81. The molecule has 11 heavy (non-hydrogen) atoms. The highest BCUT2D eigenvalue weighted by Crippen LogP contribution is 2.18. The van der Waals surface area contributed by atoms with Gasteiger partial charge in [0.15, 0.2) is 6.17 Å². The number of rotatable bonds is 2. The first-order valence-electron chi connectivity index (χ1n) is 3.76. The third kappa shape index (κ3) is 1.65. The monoisotopic (exact) mass is 174 g/mol. The number of hydrogen-bond donors (Lipinski definition) is 1. The summed E-state index contributed by atoms with van der Waals surface area (Å²) in [5, 5.41) is 12.1. The van der Waals surface area contributed by atoms with E-state index in [-0.39, 0.29) is 11.4 Å². The Morgan fingerprint density at radius 2 is 2.27 bits per heavy atom. The van der Waals surface area contributed by atoms with Crippen molar-refractivity contribution in [2.75, 3.05) is 13.6 Å².